The van der Waals surface area contributed by atoms with Crippen LogP contribution in [-0.2, 0) is 0 Å². The van der Waals surface area contributed by atoms with Gasteiger partial charge < -0.3 is 14.8 Å². The Balaban J connectivity index is 1.91. The van der Waals surface area contributed by atoms with Crippen molar-refractivity contribution in [3.05, 3.63) is 54.1 Å². The molecule has 1 N–H and O–H groups in total. The van der Waals surface area contributed by atoms with E-state index >= 15 is 0 Å². The summed E-state index contributed by atoms with van der Waals surface area (Å²) in [6.45, 7) is 5.01. The molecule has 0 saturated heterocycles. The normalized spacial score (nSPS) is 10.4. The molecule has 0 aliphatic rings. The fourth-order valence-electron chi connectivity index (χ4n) is 1.99. The Morgan fingerprint density at radius 3 is 2.17 bits per heavy atom. The summed E-state index contributed by atoms with van der Waals surface area (Å²) >= 11 is 0. The van der Waals surface area contributed by atoms with Crippen LogP contribution in [0.4, 0.5) is 5.69 Å². The number of ether oxygens (including phenoxy) is 2. The molecule has 0 heterocycles. The van der Waals surface area contributed by atoms with Crippen LogP contribution in [0.3, 0.4) is 0 Å². The number of carbonyl (C=O) groups excluding carboxylic acids is 1. The Morgan fingerprint density at radius 1 is 1.00 bits per heavy atom. The molecule has 2 aromatic rings. The largest absolute Gasteiger partial charge is 0.497 e. The highest BCUT2D eigenvalue weighted by Gasteiger charge is 2.06. The average molecular weight is 313 g/mol. The van der Waals surface area contributed by atoms with Crippen LogP contribution in [0, 0.1) is 5.92 Å². The molecular weight excluding hydrogens is 290 g/mol. The van der Waals surface area contributed by atoms with Crippen LogP contribution >= 0.6 is 0 Å². The maximum absolute atomic E-state index is 12.2. The van der Waals surface area contributed by atoms with Crippen LogP contribution in [0.1, 0.15) is 30.6 Å². The molecule has 0 aromatic heterocycles. The summed E-state index contributed by atoms with van der Waals surface area (Å²) in [5.74, 6) is 2.01. The summed E-state index contributed by atoms with van der Waals surface area (Å²) in [6, 6.07) is 14.4. The van der Waals surface area contributed by atoms with Crippen LogP contribution in [0.15, 0.2) is 48.5 Å². The highest BCUT2D eigenvalue weighted by Crippen LogP contribution is 2.17. The summed E-state index contributed by atoms with van der Waals surface area (Å²) < 4.78 is 10.7. The first kappa shape index (κ1) is 16.9. The van der Waals surface area contributed by atoms with Crippen molar-refractivity contribution in [3.8, 4) is 11.5 Å². The zero-order valence-electron chi connectivity index (χ0n) is 13.8. The molecule has 4 heteroatoms. The lowest BCUT2D eigenvalue weighted by atomic mass is 10.1. The van der Waals surface area contributed by atoms with E-state index in [9.17, 15) is 4.79 Å². The predicted octanol–water partition coefficient (Wildman–Crippen LogP) is 4.37. The summed E-state index contributed by atoms with van der Waals surface area (Å²) in [6.07, 6.45) is 1.01. The quantitative estimate of drug-likeness (QED) is 0.825. The highest BCUT2D eigenvalue weighted by molar-refractivity contribution is 6.04. The molecule has 0 bridgehead atoms. The molecule has 1 amide bonds. The van der Waals surface area contributed by atoms with E-state index < -0.39 is 0 Å². The van der Waals surface area contributed by atoms with Crippen molar-refractivity contribution in [2.45, 2.75) is 20.3 Å². The first-order valence-corrected chi connectivity index (χ1v) is 7.76. The second-order valence-corrected chi connectivity index (χ2v) is 5.74. The van der Waals surface area contributed by atoms with Crippen LogP contribution < -0.4 is 14.8 Å². The molecular formula is C19H23NO3. The standard InChI is InChI=1S/C19H23NO3/c1-14(2)12-13-23-18-8-4-15(5-9-18)19(21)20-16-6-10-17(22-3)11-7-16/h4-11,14H,12-13H2,1-3H3,(H,20,21). The van der Waals surface area contributed by atoms with Crippen molar-refractivity contribution in [1.29, 1.82) is 0 Å². The van der Waals surface area contributed by atoms with Crippen molar-refractivity contribution in [3.63, 3.8) is 0 Å². The van der Waals surface area contributed by atoms with E-state index in [4.69, 9.17) is 9.47 Å². The van der Waals surface area contributed by atoms with E-state index in [0.717, 1.165) is 23.6 Å². The van der Waals surface area contributed by atoms with Gasteiger partial charge in [-0.15, -0.1) is 0 Å². The number of amides is 1. The number of methoxy groups -OCH3 is 1. The Morgan fingerprint density at radius 2 is 1.61 bits per heavy atom. The van der Waals surface area contributed by atoms with E-state index in [2.05, 4.69) is 19.2 Å². The van der Waals surface area contributed by atoms with Crippen molar-refractivity contribution >= 4 is 11.6 Å². The molecule has 23 heavy (non-hydrogen) atoms. The van der Waals surface area contributed by atoms with Crippen LogP contribution in [0.25, 0.3) is 0 Å². The smallest absolute Gasteiger partial charge is 0.255 e. The van der Waals surface area contributed by atoms with Gasteiger partial charge in [-0.05, 0) is 60.9 Å². The molecule has 0 atom stereocenters. The first-order valence-electron chi connectivity index (χ1n) is 7.76. The Bertz CT molecular complexity index is 618. The number of anilines is 1. The Hall–Kier alpha value is -2.49. The van der Waals surface area contributed by atoms with Gasteiger partial charge in [-0.1, -0.05) is 13.8 Å². The van der Waals surface area contributed by atoms with E-state index in [1.165, 1.54) is 0 Å². The zero-order chi connectivity index (χ0) is 16.7. The molecule has 0 aliphatic heterocycles. The molecule has 0 radical (unpaired) electrons. The third-order valence-electron chi connectivity index (χ3n) is 3.43. The maximum atomic E-state index is 12.2. The van der Waals surface area contributed by atoms with Crippen molar-refractivity contribution in [2.75, 3.05) is 19.0 Å². The SMILES string of the molecule is COc1ccc(NC(=O)c2ccc(OCCC(C)C)cc2)cc1. The van der Waals surface area contributed by atoms with Gasteiger partial charge in [0.15, 0.2) is 0 Å². The number of hydrogen-bond acceptors (Lipinski definition) is 3. The number of hydrogen-bond donors (Lipinski definition) is 1. The summed E-state index contributed by atoms with van der Waals surface area (Å²) in [5, 5.41) is 2.85. The van der Waals surface area contributed by atoms with Crippen molar-refractivity contribution in [1.82, 2.24) is 0 Å². The molecule has 2 rings (SSSR count). The lowest BCUT2D eigenvalue weighted by Gasteiger charge is -2.09. The molecule has 0 fully saturated rings. The number of nitrogens with one attached hydrogen (secondary N) is 1. The minimum atomic E-state index is -0.149. The first-order chi connectivity index (χ1) is 11.1. The van der Waals surface area contributed by atoms with Crippen LogP contribution in [0.5, 0.6) is 11.5 Å². The molecule has 2 aromatic carbocycles. The van der Waals surface area contributed by atoms with Gasteiger partial charge in [0, 0.05) is 11.3 Å². The summed E-state index contributed by atoms with van der Waals surface area (Å²) in [7, 11) is 1.61. The van der Waals surface area contributed by atoms with E-state index in [0.29, 0.717) is 18.1 Å². The van der Waals surface area contributed by atoms with Gasteiger partial charge in [-0.3, -0.25) is 4.79 Å². The molecule has 0 spiro atoms. The minimum absolute atomic E-state index is 0.149. The minimum Gasteiger partial charge on any atom is -0.497 e. The average Bonchev–Trinajstić information content (AvgIpc) is 2.56. The molecule has 0 aliphatic carbocycles. The number of carbonyl (C=O) groups is 1. The van der Waals surface area contributed by atoms with Crippen molar-refractivity contribution in [2.24, 2.45) is 5.92 Å². The predicted molar refractivity (Wildman–Crippen MR) is 92.3 cm³/mol. The van der Waals surface area contributed by atoms with E-state index in [-0.39, 0.29) is 5.91 Å². The van der Waals surface area contributed by atoms with Gasteiger partial charge >= 0.3 is 0 Å². The third-order valence-corrected chi connectivity index (χ3v) is 3.43. The van der Waals surface area contributed by atoms with Gasteiger partial charge in [0.1, 0.15) is 11.5 Å². The summed E-state index contributed by atoms with van der Waals surface area (Å²) in [4.78, 5) is 12.2. The van der Waals surface area contributed by atoms with E-state index in [1.807, 2.05) is 12.1 Å². The fourth-order valence-corrected chi connectivity index (χ4v) is 1.99. The third kappa shape index (κ3) is 5.33. The Labute approximate surface area is 137 Å². The van der Waals surface area contributed by atoms with E-state index in [1.54, 1.807) is 43.5 Å². The van der Waals surface area contributed by atoms with Gasteiger partial charge in [0.25, 0.3) is 5.91 Å². The maximum Gasteiger partial charge on any atom is 0.255 e. The Kier molecular flexibility index (Phi) is 6.03. The highest BCUT2D eigenvalue weighted by atomic mass is 16.5. The second kappa shape index (κ2) is 8.22. The topological polar surface area (TPSA) is 47.6 Å². The lowest BCUT2D eigenvalue weighted by Crippen LogP contribution is -2.11. The summed E-state index contributed by atoms with van der Waals surface area (Å²) in [5.41, 5.74) is 1.32. The van der Waals surface area contributed by atoms with Gasteiger partial charge in [-0.2, -0.15) is 0 Å². The monoisotopic (exact) mass is 313 g/mol. The van der Waals surface area contributed by atoms with Crippen LogP contribution in [-0.4, -0.2) is 19.6 Å². The van der Waals surface area contributed by atoms with Crippen LogP contribution in [0.2, 0.25) is 0 Å². The van der Waals surface area contributed by atoms with Crippen molar-refractivity contribution < 1.29 is 14.3 Å². The zero-order valence-corrected chi connectivity index (χ0v) is 13.8. The van der Waals surface area contributed by atoms with Gasteiger partial charge in [0.2, 0.25) is 0 Å². The molecule has 0 saturated carbocycles. The molecule has 122 valence electrons. The molecule has 0 unspecified atom stereocenters. The van der Waals surface area contributed by atoms with Gasteiger partial charge in [0.05, 0.1) is 13.7 Å². The number of benzene rings is 2. The van der Waals surface area contributed by atoms with Gasteiger partial charge in [-0.25, -0.2) is 0 Å². The number of rotatable bonds is 7. The lowest BCUT2D eigenvalue weighted by molar-refractivity contribution is 0.102. The molecule has 4 nitrogen and oxygen atoms in total. The fraction of sp³-hybridized carbons (Fsp3) is 0.316. The second-order valence-electron chi connectivity index (χ2n) is 5.74.